The fourth-order valence-corrected chi connectivity index (χ4v) is 1.83. The number of amides is 3. The zero-order valence-corrected chi connectivity index (χ0v) is 12.2. The molecule has 1 aromatic rings. The number of nitrogens with one attached hydrogen (secondary N) is 2. The van der Waals surface area contributed by atoms with Gasteiger partial charge < -0.3 is 15.8 Å². The van der Waals surface area contributed by atoms with Crippen LogP contribution in [0.25, 0.3) is 0 Å². The molecule has 7 nitrogen and oxygen atoms in total. The molecule has 114 valence electrons. The van der Waals surface area contributed by atoms with Crippen LogP contribution in [-0.4, -0.2) is 29.1 Å². The first-order chi connectivity index (χ1) is 9.95. The lowest BCUT2D eigenvalue weighted by Crippen LogP contribution is -2.42. The van der Waals surface area contributed by atoms with Gasteiger partial charge in [0.1, 0.15) is 5.75 Å². The number of carbonyl (C=O) groups excluding carboxylic acids is 2. The molecule has 0 radical (unpaired) electrons. The highest BCUT2D eigenvalue weighted by Gasteiger charge is 2.22. The highest BCUT2D eigenvalue weighted by atomic mass is 16.5. The van der Waals surface area contributed by atoms with Gasteiger partial charge in [-0.3, -0.25) is 15.1 Å². The summed E-state index contributed by atoms with van der Waals surface area (Å²) in [6, 6.07) is 3.25. The standard InChI is InChI=1S/C14H20N4O3/c1-8-3-6-12(11(17-8)7-16-10-4-5-10)21-9(2)13(19)18-14(15)20/h3,6,9-10,16H,4-5,7H2,1-2H3,(H3,15,18,19,20). The largest absolute Gasteiger partial charge is 0.479 e. The summed E-state index contributed by atoms with van der Waals surface area (Å²) in [6.45, 7) is 4.04. The predicted molar refractivity (Wildman–Crippen MR) is 76.7 cm³/mol. The summed E-state index contributed by atoms with van der Waals surface area (Å²) < 4.78 is 5.59. The summed E-state index contributed by atoms with van der Waals surface area (Å²) in [4.78, 5) is 26.7. The van der Waals surface area contributed by atoms with Crippen molar-refractivity contribution in [3.8, 4) is 5.75 Å². The number of pyridine rings is 1. The molecule has 0 aromatic carbocycles. The van der Waals surface area contributed by atoms with E-state index in [2.05, 4.69) is 10.3 Å². The van der Waals surface area contributed by atoms with Crippen LogP contribution >= 0.6 is 0 Å². The predicted octanol–water partition coefficient (Wildman–Crippen LogP) is 0.604. The van der Waals surface area contributed by atoms with E-state index < -0.39 is 18.0 Å². The summed E-state index contributed by atoms with van der Waals surface area (Å²) in [5.41, 5.74) is 6.54. The third-order valence-electron chi connectivity index (χ3n) is 3.13. The third-order valence-corrected chi connectivity index (χ3v) is 3.13. The Morgan fingerprint density at radius 3 is 2.81 bits per heavy atom. The summed E-state index contributed by atoms with van der Waals surface area (Å²) in [5, 5.41) is 5.35. The van der Waals surface area contributed by atoms with Crippen LogP contribution in [0.3, 0.4) is 0 Å². The topological polar surface area (TPSA) is 106 Å². The maximum absolute atomic E-state index is 11.6. The van der Waals surface area contributed by atoms with Gasteiger partial charge in [-0.05, 0) is 38.8 Å². The minimum Gasteiger partial charge on any atom is -0.479 e. The summed E-state index contributed by atoms with van der Waals surface area (Å²) >= 11 is 0. The smallest absolute Gasteiger partial charge is 0.318 e. The molecule has 1 unspecified atom stereocenters. The number of hydrogen-bond acceptors (Lipinski definition) is 5. The van der Waals surface area contributed by atoms with E-state index in [0.29, 0.717) is 18.3 Å². The quantitative estimate of drug-likeness (QED) is 0.712. The molecule has 1 aromatic heterocycles. The molecule has 21 heavy (non-hydrogen) atoms. The molecule has 1 heterocycles. The Hall–Kier alpha value is -2.15. The lowest BCUT2D eigenvalue weighted by molar-refractivity contribution is -0.126. The SMILES string of the molecule is Cc1ccc(OC(C)C(=O)NC(N)=O)c(CNC2CC2)n1. The second-order valence-corrected chi connectivity index (χ2v) is 5.17. The number of imide groups is 1. The Morgan fingerprint density at radius 2 is 2.19 bits per heavy atom. The van der Waals surface area contributed by atoms with Crippen LogP contribution in [0.4, 0.5) is 4.79 Å². The molecule has 1 aliphatic rings. The van der Waals surface area contributed by atoms with Crippen LogP contribution in [-0.2, 0) is 11.3 Å². The maximum atomic E-state index is 11.6. The maximum Gasteiger partial charge on any atom is 0.318 e. The van der Waals surface area contributed by atoms with E-state index in [1.54, 1.807) is 13.0 Å². The molecule has 1 saturated carbocycles. The van der Waals surface area contributed by atoms with Gasteiger partial charge >= 0.3 is 6.03 Å². The Bertz CT molecular complexity index is 543. The third kappa shape index (κ3) is 4.71. The highest BCUT2D eigenvalue weighted by Crippen LogP contribution is 2.22. The van der Waals surface area contributed by atoms with Gasteiger partial charge in [0.15, 0.2) is 6.10 Å². The summed E-state index contributed by atoms with van der Waals surface area (Å²) in [5.74, 6) is -0.0509. The van der Waals surface area contributed by atoms with Gasteiger partial charge in [0, 0.05) is 18.3 Å². The fourth-order valence-electron chi connectivity index (χ4n) is 1.83. The van der Waals surface area contributed by atoms with Crippen LogP contribution in [0.15, 0.2) is 12.1 Å². The molecule has 0 saturated heterocycles. The van der Waals surface area contributed by atoms with Crippen LogP contribution in [0.5, 0.6) is 5.75 Å². The molecule has 2 rings (SSSR count). The molecular formula is C14H20N4O3. The van der Waals surface area contributed by atoms with Gasteiger partial charge in [0.05, 0.1) is 5.69 Å². The van der Waals surface area contributed by atoms with E-state index in [1.165, 1.54) is 12.8 Å². The van der Waals surface area contributed by atoms with Crippen molar-refractivity contribution in [2.45, 2.75) is 45.4 Å². The van der Waals surface area contributed by atoms with Gasteiger partial charge in [0.25, 0.3) is 5.91 Å². The molecule has 7 heteroatoms. The molecular weight excluding hydrogens is 272 g/mol. The van der Waals surface area contributed by atoms with E-state index >= 15 is 0 Å². The van der Waals surface area contributed by atoms with Gasteiger partial charge in [-0.15, -0.1) is 0 Å². The zero-order chi connectivity index (χ0) is 15.4. The first-order valence-corrected chi connectivity index (χ1v) is 6.92. The average molecular weight is 292 g/mol. The Morgan fingerprint density at radius 1 is 1.48 bits per heavy atom. The number of nitrogens with two attached hydrogens (primary N) is 1. The number of carbonyl (C=O) groups is 2. The molecule has 0 aliphatic heterocycles. The second-order valence-electron chi connectivity index (χ2n) is 5.17. The van der Waals surface area contributed by atoms with Crippen molar-refractivity contribution in [1.29, 1.82) is 0 Å². The number of aryl methyl sites for hydroxylation is 1. The molecule has 0 bridgehead atoms. The monoisotopic (exact) mass is 292 g/mol. The summed E-state index contributed by atoms with van der Waals surface area (Å²) in [7, 11) is 0. The van der Waals surface area contributed by atoms with Crippen LogP contribution < -0.4 is 21.1 Å². The Balaban J connectivity index is 2.03. The van der Waals surface area contributed by atoms with Crippen molar-refractivity contribution >= 4 is 11.9 Å². The number of hydrogen-bond donors (Lipinski definition) is 3. The Kier molecular flexibility index (Phi) is 4.74. The van der Waals surface area contributed by atoms with Gasteiger partial charge in [-0.25, -0.2) is 4.79 Å². The summed E-state index contributed by atoms with van der Waals surface area (Å²) in [6.07, 6.45) is 1.53. The van der Waals surface area contributed by atoms with Gasteiger partial charge in [-0.2, -0.15) is 0 Å². The van der Waals surface area contributed by atoms with Gasteiger partial charge in [0.2, 0.25) is 0 Å². The van der Waals surface area contributed by atoms with Crippen molar-refractivity contribution in [3.63, 3.8) is 0 Å². The van der Waals surface area contributed by atoms with Gasteiger partial charge in [-0.1, -0.05) is 0 Å². The number of urea groups is 1. The minimum absolute atomic E-state index is 0.529. The first-order valence-electron chi connectivity index (χ1n) is 6.92. The lowest BCUT2D eigenvalue weighted by atomic mass is 10.2. The highest BCUT2D eigenvalue weighted by molar-refractivity contribution is 5.95. The van der Waals surface area contributed by atoms with Crippen molar-refractivity contribution in [1.82, 2.24) is 15.6 Å². The van der Waals surface area contributed by atoms with Crippen LogP contribution in [0.1, 0.15) is 31.2 Å². The molecule has 1 aliphatic carbocycles. The number of ether oxygens (including phenoxy) is 1. The number of primary amides is 1. The van der Waals surface area contributed by atoms with E-state index in [9.17, 15) is 9.59 Å². The van der Waals surface area contributed by atoms with E-state index in [0.717, 1.165) is 11.4 Å². The zero-order valence-electron chi connectivity index (χ0n) is 12.2. The lowest BCUT2D eigenvalue weighted by Gasteiger charge is -2.16. The molecule has 0 spiro atoms. The molecule has 1 atom stereocenters. The van der Waals surface area contributed by atoms with Crippen LogP contribution in [0, 0.1) is 6.92 Å². The molecule has 3 amide bonds. The van der Waals surface area contributed by atoms with Crippen molar-refractivity contribution in [2.24, 2.45) is 5.73 Å². The van der Waals surface area contributed by atoms with Crippen molar-refractivity contribution in [2.75, 3.05) is 0 Å². The molecule has 4 N–H and O–H groups in total. The fraction of sp³-hybridized carbons (Fsp3) is 0.500. The number of nitrogens with zero attached hydrogens (tertiary/aromatic N) is 1. The Labute approximate surface area is 123 Å². The van der Waals surface area contributed by atoms with Crippen LogP contribution in [0.2, 0.25) is 0 Å². The average Bonchev–Trinajstić information content (AvgIpc) is 3.22. The van der Waals surface area contributed by atoms with E-state index in [4.69, 9.17) is 10.5 Å². The van der Waals surface area contributed by atoms with E-state index in [-0.39, 0.29) is 0 Å². The van der Waals surface area contributed by atoms with Crippen molar-refractivity contribution in [3.05, 3.63) is 23.5 Å². The number of aromatic nitrogens is 1. The van der Waals surface area contributed by atoms with Crippen molar-refractivity contribution < 1.29 is 14.3 Å². The normalized spacial score (nSPS) is 15.3. The minimum atomic E-state index is -0.895. The number of rotatable bonds is 6. The second kappa shape index (κ2) is 6.53. The van der Waals surface area contributed by atoms with E-state index in [1.807, 2.05) is 18.3 Å². The first kappa shape index (κ1) is 15.2. The molecule has 1 fully saturated rings.